The number of hydrogen-bond donors (Lipinski definition) is 0. The Morgan fingerprint density at radius 1 is 1.31 bits per heavy atom. The summed E-state index contributed by atoms with van der Waals surface area (Å²) in [6, 6.07) is 6.12. The van der Waals surface area contributed by atoms with Crippen LogP contribution in [-0.4, -0.2) is 12.9 Å². The van der Waals surface area contributed by atoms with Gasteiger partial charge in [-0.15, -0.1) is 0 Å². The molecule has 1 saturated carbocycles. The molecule has 1 aliphatic rings. The third-order valence-electron chi connectivity index (χ3n) is 3.39. The molecule has 0 aromatic heterocycles. The molecule has 1 fully saturated rings. The van der Waals surface area contributed by atoms with Gasteiger partial charge in [0.25, 0.3) is 0 Å². The van der Waals surface area contributed by atoms with Gasteiger partial charge >= 0.3 is 0 Å². The van der Waals surface area contributed by atoms with Gasteiger partial charge in [-0.05, 0) is 37.0 Å². The summed E-state index contributed by atoms with van der Waals surface area (Å²) in [7, 11) is 1.68. The fourth-order valence-corrected chi connectivity index (χ4v) is 2.39. The minimum Gasteiger partial charge on any atom is -0.496 e. The zero-order valence-electron chi connectivity index (χ0n) is 9.95. The number of carbonyl (C=O) groups excluding carboxylic acids is 1. The van der Waals surface area contributed by atoms with Gasteiger partial charge in [0.2, 0.25) is 0 Å². The van der Waals surface area contributed by atoms with Crippen LogP contribution in [0.4, 0.5) is 0 Å². The van der Waals surface area contributed by atoms with Gasteiger partial charge in [-0.3, -0.25) is 4.79 Å². The van der Waals surface area contributed by atoms with Crippen molar-refractivity contribution >= 4 is 5.78 Å². The lowest BCUT2D eigenvalue weighted by Gasteiger charge is -2.21. The first kappa shape index (κ1) is 11.2. The number of rotatable bonds is 2. The van der Waals surface area contributed by atoms with E-state index in [2.05, 4.69) is 6.07 Å². The average molecular weight is 218 g/mol. The molecule has 0 saturated heterocycles. The van der Waals surface area contributed by atoms with Crippen LogP contribution in [0, 0.1) is 6.92 Å². The van der Waals surface area contributed by atoms with Gasteiger partial charge in [-0.2, -0.15) is 0 Å². The second-order valence-corrected chi connectivity index (χ2v) is 4.49. The zero-order valence-corrected chi connectivity index (χ0v) is 9.95. The molecule has 0 N–H and O–H groups in total. The highest BCUT2D eigenvalue weighted by atomic mass is 16.5. The van der Waals surface area contributed by atoms with Crippen molar-refractivity contribution in [2.75, 3.05) is 7.11 Å². The predicted octanol–water partition coefficient (Wildman–Crippen LogP) is 3.23. The normalized spacial score (nSPS) is 20.9. The molecule has 1 atom stereocenters. The van der Waals surface area contributed by atoms with Crippen molar-refractivity contribution in [3.63, 3.8) is 0 Å². The number of benzene rings is 1. The first-order valence-corrected chi connectivity index (χ1v) is 5.89. The molecule has 1 aromatic carbocycles. The lowest BCUT2D eigenvalue weighted by molar-refractivity contribution is -0.121. The topological polar surface area (TPSA) is 26.3 Å². The van der Waals surface area contributed by atoms with Crippen LogP contribution in [0.1, 0.15) is 42.7 Å². The maximum absolute atomic E-state index is 11.8. The van der Waals surface area contributed by atoms with Crippen molar-refractivity contribution in [1.82, 2.24) is 0 Å². The molecule has 2 nitrogen and oxygen atoms in total. The molecule has 2 heteroatoms. The van der Waals surface area contributed by atoms with Crippen LogP contribution in [0.3, 0.4) is 0 Å². The summed E-state index contributed by atoms with van der Waals surface area (Å²) >= 11 is 0. The Hall–Kier alpha value is -1.31. The standard InChI is InChI=1S/C14H18O2/c1-10-7-8-11(9-14(10)16-2)12-5-3-4-6-13(12)15/h7-9,12H,3-6H2,1-2H3. The summed E-state index contributed by atoms with van der Waals surface area (Å²) < 4.78 is 5.30. The summed E-state index contributed by atoms with van der Waals surface area (Å²) in [5.74, 6) is 1.37. The Kier molecular flexibility index (Phi) is 3.28. The van der Waals surface area contributed by atoms with E-state index in [1.807, 2.05) is 19.1 Å². The van der Waals surface area contributed by atoms with E-state index in [9.17, 15) is 4.79 Å². The quantitative estimate of drug-likeness (QED) is 0.761. The number of hydrogen-bond acceptors (Lipinski definition) is 2. The number of methoxy groups -OCH3 is 1. The number of ether oxygens (including phenoxy) is 1. The summed E-state index contributed by atoms with van der Waals surface area (Å²) in [6.07, 6.45) is 3.94. The summed E-state index contributed by atoms with van der Waals surface area (Å²) in [5.41, 5.74) is 2.24. The average Bonchev–Trinajstić information content (AvgIpc) is 2.31. The highest BCUT2D eigenvalue weighted by molar-refractivity contribution is 5.86. The fourth-order valence-electron chi connectivity index (χ4n) is 2.39. The van der Waals surface area contributed by atoms with E-state index in [0.29, 0.717) is 5.78 Å². The Bertz CT molecular complexity index is 396. The molecule has 16 heavy (non-hydrogen) atoms. The van der Waals surface area contributed by atoms with Crippen molar-refractivity contribution in [2.24, 2.45) is 0 Å². The first-order valence-electron chi connectivity index (χ1n) is 5.89. The number of carbonyl (C=O) groups is 1. The smallest absolute Gasteiger partial charge is 0.140 e. The van der Waals surface area contributed by atoms with Gasteiger partial charge in [0.1, 0.15) is 11.5 Å². The lowest BCUT2D eigenvalue weighted by Crippen LogP contribution is -2.17. The van der Waals surface area contributed by atoms with E-state index in [0.717, 1.165) is 42.6 Å². The first-order chi connectivity index (χ1) is 7.72. The highest BCUT2D eigenvalue weighted by Crippen LogP contribution is 2.32. The molecule has 0 heterocycles. The van der Waals surface area contributed by atoms with E-state index in [4.69, 9.17) is 4.74 Å². The van der Waals surface area contributed by atoms with Crippen molar-refractivity contribution in [1.29, 1.82) is 0 Å². The van der Waals surface area contributed by atoms with Crippen LogP contribution < -0.4 is 4.74 Å². The van der Waals surface area contributed by atoms with Crippen LogP contribution in [0.2, 0.25) is 0 Å². The van der Waals surface area contributed by atoms with Crippen LogP contribution >= 0.6 is 0 Å². The Morgan fingerprint density at radius 2 is 2.12 bits per heavy atom. The minimum atomic E-state index is 0.100. The molecule has 2 rings (SSSR count). The van der Waals surface area contributed by atoms with Crippen molar-refractivity contribution in [3.05, 3.63) is 29.3 Å². The largest absolute Gasteiger partial charge is 0.496 e. The van der Waals surface area contributed by atoms with E-state index in [-0.39, 0.29) is 5.92 Å². The molecule has 0 amide bonds. The van der Waals surface area contributed by atoms with Crippen molar-refractivity contribution in [3.8, 4) is 5.75 Å². The zero-order chi connectivity index (χ0) is 11.5. The van der Waals surface area contributed by atoms with Crippen LogP contribution in [0.25, 0.3) is 0 Å². The molecular formula is C14H18O2. The number of aryl methyl sites for hydroxylation is 1. The van der Waals surface area contributed by atoms with Crippen molar-refractivity contribution in [2.45, 2.75) is 38.5 Å². The third kappa shape index (κ3) is 2.11. The Labute approximate surface area is 96.6 Å². The minimum absolute atomic E-state index is 0.100. The van der Waals surface area contributed by atoms with Crippen LogP contribution in [-0.2, 0) is 4.79 Å². The molecular weight excluding hydrogens is 200 g/mol. The fraction of sp³-hybridized carbons (Fsp3) is 0.500. The maximum Gasteiger partial charge on any atom is 0.140 e. The van der Waals surface area contributed by atoms with Crippen molar-refractivity contribution < 1.29 is 9.53 Å². The van der Waals surface area contributed by atoms with Gasteiger partial charge in [0.15, 0.2) is 0 Å². The summed E-state index contributed by atoms with van der Waals surface area (Å²) in [5, 5.41) is 0. The molecule has 0 spiro atoms. The lowest BCUT2D eigenvalue weighted by atomic mass is 9.83. The second kappa shape index (κ2) is 4.69. The van der Waals surface area contributed by atoms with Gasteiger partial charge < -0.3 is 4.74 Å². The number of Topliss-reactive ketones (excluding diaryl/α,β-unsaturated/α-hetero) is 1. The van der Waals surface area contributed by atoms with E-state index in [1.165, 1.54) is 0 Å². The molecule has 0 bridgehead atoms. The van der Waals surface area contributed by atoms with E-state index >= 15 is 0 Å². The SMILES string of the molecule is COc1cc(C2CCCCC2=O)ccc1C. The molecule has 86 valence electrons. The Morgan fingerprint density at radius 3 is 2.81 bits per heavy atom. The monoisotopic (exact) mass is 218 g/mol. The second-order valence-electron chi connectivity index (χ2n) is 4.49. The van der Waals surface area contributed by atoms with Gasteiger partial charge in [0, 0.05) is 12.3 Å². The molecule has 1 aliphatic carbocycles. The predicted molar refractivity (Wildman–Crippen MR) is 63.9 cm³/mol. The third-order valence-corrected chi connectivity index (χ3v) is 3.39. The molecule has 1 unspecified atom stereocenters. The summed E-state index contributed by atoms with van der Waals surface area (Å²) in [4.78, 5) is 11.8. The molecule has 0 radical (unpaired) electrons. The van der Waals surface area contributed by atoms with Crippen LogP contribution in [0.15, 0.2) is 18.2 Å². The highest BCUT2D eigenvalue weighted by Gasteiger charge is 2.24. The van der Waals surface area contributed by atoms with Gasteiger partial charge in [-0.25, -0.2) is 0 Å². The van der Waals surface area contributed by atoms with Gasteiger partial charge in [-0.1, -0.05) is 18.6 Å². The maximum atomic E-state index is 11.8. The molecule has 0 aliphatic heterocycles. The summed E-state index contributed by atoms with van der Waals surface area (Å²) in [6.45, 7) is 2.02. The van der Waals surface area contributed by atoms with E-state index < -0.39 is 0 Å². The molecule has 1 aromatic rings. The van der Waals surface area contributed by atoms with E-state index in [1.54, 1.807) is 7.11 Å². The Balaban J connectivity index is 2.29. The van der Waals surface area contributed by atoms with Crippen LogP contribution in [0.5, 0.6) is 5.75 Å². The van der Waals surface area contributed by atoms with Gasteiger partial charge in [0.05, 0.1) is 7.11 Å². The number of ketones is 1.